The molecule has 2 aliphatic rings. The highest BCUT2D eigenvalue weighted by molar-refractivity contribution is 5.99. The van der Waals surface area contributed by atoms with E-state index in [1.54, 1.807) is 17.0 Å². The fourth-order valence-electron chi connectivity index (χ4n) is 5.03. The zero-order chi connectivity index (χ0) is 23.0. The van der Waals surface area contributed by atoms with Gasteiger partial charge in [-0.05, 0) is 49.8 Å². The first-order valence-corrected chi connectivity index (χ1v) is 11.3. The van der Waals surface area contributed by atoms with Gasteiger partial charge in [0.25, 0.3) is 11.8 Å². The van der Waals surface area contributed by atoms with Gasteiger partial charge >= 0.3 is 0 Å². The number of carbonyl (C=O) groups is 3. The van der Waals surface area contributed by atoms with Crippen LogP contribution >= 0.6 is 0 Å². The number of furan rings is 2. The molecule has 5 rings (SSSR count). The van der Waals surface area contributed by atoms with Crippen molar-refractivity contribution in [3.8, 4) is 0 Å². The van der Waals surface area contributed by atoms with E-state index in [1.807, 2.05) is 36.1 Å². The second-order valence-corrected chi connectivity index (χ2v) is 9.07. The maximum atomic E-state index is 13.2. The van der Waals surface area contributed by atoms with Gasteiger partial charge in [0.2, 0.25) is 5.91 Å². The zero-order valence-corrected chi connectivity index (χ0v) is 18.6. The third-order valence-corrected chi connectivity index (χ3v) is 7.09. The topological polar surface area (TPSA) is 96.0 Å². The molecule has 1 N–H and O–H groups in total. The summed E-state index contributed by atoms with van der Waals surface area (Å²) in [6.07, 6.45) is 4.03. The molecule has 2 aromatic heterocycles. The van der Waals surface area contributed by atoms with Crippen molar-refractivity contribution in [2.75, 3.05) is 32.7 Å². The van der Waals surface area contributed by atoms with Crippen LogP contribution in [0.4, 0.5) is 0 Å². The van der Waals surface area contributed by atoms with E-state index in [1.165, 1.54) is 6.26 Å². The van der Waals surface area contributed by atoms with Crippen LogP contribution in [0.15, 0.2) is 51.5 Å². The van der Waals surface area contributed by atoms with E-state index in [0.29, 0.717) is 31.9 Å². The second-order valence-electron chi connectivity index (χ2n) is 9.07. The quantitative estimate of drug-likeness (QED) is 0.660. The van der Waals surface area contributed by atoms with Crippen molar-refractivity contribution in [1.82, 2.24) is 15.1 Å². The average Bonchev–Trinajstić information content (AvgIpc) is 3.58. The highest BCUT2D eigenvalue weighted by atomic mass is 16.3. The second kappa shape index (κ2) is 8.42. The van der Waals surface area contributed by atoms with Crippen LogP contribution in [0.3, 0.4) is 0 Å². The molecule has 3 aromatic rings. The molecule has 0 unspecified atom stereocenters. The number of carbonyl (C=O) groups excluding carboxylic acids is 3. The van der Waals surface area contributed by atoms with Crippen molar-refractivity contribution in [3.63, 3.8) is 0 Å². The van der Waals surface area contributed by atoms with Gasteiger partial charge in [0.15, 0.2) is 11.5 Å². The minimum absolute atomic E-state index is 0.0315. The summed E-state index contributed by atoms with van der Waals surface area (Å²) in [4.78, 5) is 41.4. The third-order valence-electron chi connectivity index (χ3n) is 7.09. The van der Waals surface area contributed by atoms with Gasteiger partial charge in [0, 0.05) is 37.1 Å². The SMILES string of the molecule is Cc1c(C(=O)N2CCC3(CCN(C(=O)CNC(=O)c4ccco4)CC3)C2)oc2ccccc12. The van der Waals surface area contributed by atoms with Crippen LogP contribution in [0.25, 0.3) is 11.0 Å². The predicted molar refractivity (Wildman–Crippen MR) is 121 cm³/mol. The average molecular weight is 450 g/mol. The Hall–Kier alpha value is -3.55. The van der Waals surface area contributed by atoms with Gasteiger partial charge in [-0.25, -0.2) is 0 Å². The molecule has 1 spiro atoms. The standard InChI is InChI=1S/C25H27N3O5/c1-17-18-5-2-3-6-19(18)33-22(17)24(31)28-13-10-25(16-28)8-11-27(12-9-25)21(29)15-26-23(30)20-7-4-14-32-20/h2-7,14H,8-13,15-16H2,1H3,(H,26,30). The van der Waals surface area contributed by atoms with Crippen molar-refractivity contribution in [2.24, 2.45) is 5.41 Å². The highest BCUT2D eigenvalue weighted by Crippen LogP contribution is 2.41. The first-order chi connectivity index (χ1) is 16.0. The van der Waals surface area contributed by atoms with E-state index in [2.05, 4.69) is 5.32 Å². The van der Waals surface area contributed by atoms with Crippen LogP contribution in [-0.2, 0) is 4.79 Å². The Bertz CT molecular complexity index is 1190. The largest absolute Gasteiger partial charge is 0.459 e. The molecule has 3 amide bonds. The van der Waals surface area contributed by atoms with Crippen LogP contribution in [0, 0.1) is 12.3 Å². The maximum Gasteiger partial charge on any atom is 0.289 e. The van der Waals surface area contributed by atoms with E-state index in [0.717, 1.165) is 35.8 Å². The Labute approximate surface area is 191 Å². The first kappa shape index (κ1) is 21.3. The number of fused-ring (bicyclic) bond motifs is 1. The summed E-state index contributed by atoms with van der Waals surface area (Å²) >= 11 is 0. The van der Waals surface area contributed by atoms with Crippen molar-refractivity contribution in [1.29, 1.82) is 0 Å². The lowest BCUT2D eigenvalue weighted by Gasteiger charge is -2.39. The molecular weight excluding hydrogens is 422 g/mol. The molecule has 2 aliphatic heterocycles. The van der Waals surface area contributed by atoms with Crippen LogP contribution in [-0.4, -0.2) is 60.2 Å². The molecule has 8 heteroatoms. The van der Waals surface area contributed by atoms with E-state index in [9.17, 15) is 14.4 Å². The number of para-hydroxylation sites is 1. The van der Waals surface area contributed by atoms with Crippen LogP contribution < -0.4 is 5.32 Å². The number of amides is 3. The Balaban J connectivity index is 1.16. The molecule has 4 heterocycles. The number of nitrogens with zero attached hydrogens (tertiary/aromatic N) is 2. The van der Waals surface area contributed by atoms with Crippen molar-refractivity contribution >= 4 is 28.7 Å². The number of aryl methyl sites for hydroxylation is 1. The van der Waals surface area contributed by atoms with Gasteiger partial charge < -0.3 is 24.0 Å². The van der Waals surface area contributed by atoms with E-state index in [4.69, 9.17) is 8.83 Å². The molecule has 33 heavy (non-hydrogen) atoms. The minimum Gasteiger partial charge on any atom is -0.459 e. The molecule has 172 valence electrons. The number of likely N-dealkylation sites (tertiary alicyclic amines) is 2. The van der Waals surface area contributed by atoms with Gasteiger partial charge in [-0.3, -0.25) is 14.4 Å². The summed E-state index contributed by atoms with van der Waals surface area (Å²) in [5, 5.41) is 3.59. The van der Waals surface area contributed by atoms with Gasteiger partial charge in [0.1, 0.15) is 5.58 Å². The van der Waals surface area contributed by atoms with Gasteiger partial charge in [-0.15, -0.1) is 0 Å². The number of piperidine rings is 1. The van der Waals surface area contributed by atoms with Crippen LogP contribution in [0.2, 0.25) is 0 Å². The van der Waals surface area contributed by atoms with Crippen molar-refractivity contribution < 1.29 is 23.2 Å². The third kappa shape index (κ3) is 4.01. The Morgan fingerprint density at radius 2 is 1.73 bits per heavy atom. The number of hydrogen-bond acceptors (Lipinski definition) is 5. The molecule has 8 nitrogen and oxygen atoms in total. The molecule has 0 bridgehead atoms. The fraction of sp³-hybridized carbons (Fsp3) is 0.400. The first-order valence-electron chi connectivity index (χ1n) is 11.3. The number of benzene rings is 1. The molecule has 0 atom stereocenters. The Kier molecular flexibility index (Phi) is 5.44. The van der Waals surface area contributed by atoms with Crippen LogP contribution in [0.1, 0.15) is 45.9 Å². The lowest BCUT2D eigenvalue weighted by atomic mass is 9.78. The Morgan fingerprint density at radius 3 is 2.42 bits per heavy atom. The molecule has 0 radical (unpaired) electrons. The van der Waals surface area contributed by atoms with E-state index >= 15 is 0 Å². The van der Waals surface area contributed by atoms with E-state index < -0.39 is 5.91 Å². The lowest BCUT2D eigenvalue weighted by molar-refractivity contribution is -0.132. The van der Waals surface area contributed by atoms with Gasteiger partial charge in [-0.1, -0.05) is 18.2 Å². The highest BCUT2D eigenvalue weighted by Gasteiger charge is 2.43. The van der Waals surface area contributed by atoms with Gasteiger partial charge in [0.05, 0.1) is 12.8 Å². The molecule has 2 fully saturated rings. The molecule has 2 saturated heterocycles. The summed E-state index contributed by atoms with van der Waals surface area (Å²) < 4.78 is 10.9. The maximum absolute atomic E-state index is 13.2. The summed E-state index contributed by atoms with van der Waals surface area (Å²) in [6.45, 7) is 4.51. The molecule has 0 saturated carbocycles. The number of nitrogens with one attached hydrogen (secondary N) is 1. The summed E-state index contributed by atoms with van der Waals surface area (Å²) in [7, 11) is 0. The Morgan fingerprint density at radius 1 is 1.00 bits per heavy atom. The van der Waals surface area contributed by atoms with Crippen LogP contribution in [0.5, 0.6) is 0 Å². The fourth-order valence-corrected chi connectivity index (χ4v) is 5.03. The predicted octanol–water partition coefficient (Wildman–Crippen LogP) is 3.22. The summed E-state index contributed by atoms with van der Waals surface area (Å²) in [5.41, 5.74) is 1.65. The van der Waals surface area contributed by atoms with Crippen molar-refractivity contribution in [2.45, 2.75) is 26.2 Å². The summed E-state index contributed by atoms with van der Waals surface area (Å²) in [5.74, 6) is 0.0601. The van der Waals surface area contributed by atoms with E-state index in [-0.39, 0.29) is 29.5 Å². The number of hydrogen-bond donors (Lipinski definition) is 1. The minimum atomic E-state index is -0.396. The summed E-state index contributed by atoms with van der Waals surface area (Å²) in [6, 6.07) is 10.9. The zero-order valence-electron chi connectivity index (χ0n) is 18.6. The monoisotopic (exact) mass is 449 g/mol. The number of rotatable bonds is 4. The smallest absolute Gasteiger partial charge is 0.289 e. The van der Waals surface area contributed by atoms with Gasteiger partial charge in [-0.2, -0.15) is 0 Å². The van der Waals surface area contributed by atoms with Crippen molar-refractivity contribution in [3.05, 3.63) is 59.7 Å². The normalized spacial score (nSPS) is 17.6. The molecule has 1 aromatic carbocycles. The lowest BCUT2D eigenvalue weighted by Crippen LogP contribution is -2.47. The molecule has 0 aliphatic carbocycles. The molecular formula is C25H27N3O5.